The van der Waals surface area contributed by atoms with Crippen LogP contribution in [-0.2, 0) is 0 Å². The number of hydrogen-bond donors (Lipinski definition) is 2. The highest BCUT2D eigenvalue weighted by Gasteiger charge is 2.03. The number of anilines is 4. The lowest BCUT2D eigenvalue weighted by Crippen LogP contribution is -2.08. The Kier molecular flexibility index (Phi) is 3.58. The fourth-order valence-corrected chi connectivity index (χ4v) is 1.76. The van der Waals surface area contributed by atoms with Crippen molar-refractivity contribution in [3.63, 3.8) is 0 Å². The fourth-order valence-electron chi connectivity index (χ4n) is 1.76. The number of nitrogens with zero attached hydrogens (tertiary/aromatic N) is 2. The lowest BCUT2D eigenvalue weighted by molar-refractivity contribution is 1.13. The van der Waals surface area contributed by atoms with Crippen LogP contribution in [0.1, 0.15) is 5.56 Å². The Hall–Kier alpha value is -2.67. The Balaban J connectivity index is 2.24. The van der Waals surface area contributed by atoms with Crippen molar-refractivity contribution in [1.82, 2.24) is 0 Å². The summed E-state index contributed by atoms with van der Waals surface area (Å²) >= 11 is 0. The molecule has 0 aliphatic rings. The third-order valence-corrected chi connectivity index (χ3v) is 2.83. The minimum Gasteiger partial charge on any atom is -0.399 e. The molecule has 0 spiro atoms. The zero-order valence-electron chi connectivity index (χ0n) is 11.0. The van der Waals surface area contributed by atoms with E-state index in [1.54, 1.807) is 12.1 Å². The van der Waals surface area contributed by atoms with Gasteiger partial charge >= 0.3 is 0 Å². The van der Waals surface area contributed by atoms with Gasteiger partial charge in [-0.05, 0) is 42.5 Å². The van der Waals surface area contributed by atoms with Crippen LogP contribution < -0.4 is 16.0 Å². The van der Waals surface area contributed by atoms with Gasteiger partial charge in [-0.15, -0.1) is 0 Å². The number of rotatable bonds is 3. The minimum absolute atomic E-state index is 0.539. The van der Waals surface area contributed by atoms with Crippen molar-refractivity contribution in [2.75, 3.05) is 30.0 Å². The fraction of sp³-hybridized carbons (Fsp3) is 0.133. The van der Waals surface area contributed by atoms with Crippen LogP contribution in [0.4, 0.5) is 22.7 Å². The molecule has 0 radical (unpaired) electrons. The molecule has 4 nitrogen and oxygen atoms in total. The van der Waals surface area contributed by atoms with E-state index < -0.39 is 0 Å². The molecule has 0 unspecified atom stereocenters. The van der Waals surface area contributed by atoms with E-state index in [9.17, 15) is 0 Å². The average molecular weight is 252 g/mol. The van der Waals surface area contributed by atoms with Crippen LogP contribution >= 0.6 is 0 Å². The summed E-state index contributed by atoms with van der Waals surface area (Å²) in [6.07, 6.45) is 0. The maximum atomic E-state index is 9.09. The molecule has 0 aliphatic heterocycles. The molecule has 0 heterocycles. The zero-order valence-corrected chi connectivity index (χ0v) is 11.0. The van der Waals surface area contributed by atoms with E-state index in [2.05, 4.69) is 11.4 Å². The molecule has 0 atom stereocenters. The second-order valence-electron chi connectivity index (χ2n) is 4.48. The van der Waals surface area contributed by atoms with Gasteiger partial charge in [-0.25, -0.2) is 0 Å². The number of nitriles is 1. The van der Waals surface area contributed by atoms with Crippen molar-refractivity contribution < 1.29 is 0 Å². The first-order chi connectivity index (χ1) is 9.10. The van der Waals surface area contributed by atoms with Gasteiger partial charge in [0.2, 0.25) is 0 Å². The molecular formula is C15H16N4. The quantitative estimate of drug-likeness (QED) is 0.824. The van der Waals surface area contributed by atoms with Gasteiger partial charge in [-0.3, -0.25) is 0 Å². The Morgan fingerprint density at radius 1 is 1.11 bits per heavy atom. The molecule has 0 bridgehead atoms. The van der Waals surface area contributed by atoms with Crippen molar-refractivity contribution in [1.29, 1.82) is 5.26 Å². The minimum atomic E-state index is 0.539. The van der Waals surface area contributed by atoms with E-state index in [-0.39, 0.29) is 0 Å². The largest absolute Gasteiger partial charge is 0.399 e. The van der Waals surface area contributed by atoms with E-state index in [4.69, 9.17) is 11.0 Å². The lowest BCUT2D eigenvalue weighted by Gasteiger charge is -2.14. The molecule has 0 saturated heterocycles. The van der Waals surface area contributed by atoms with Gasteiger partial charge in [0.05, 0.1) is 11.3 Å². The van der Waals surface area contributed by atoms with E-state index in [0.29, 0.717) is 11.3 Å². The zero-order chi connectivity index (χ0) is 13.8. The number of hydrogen-bond acceptors (Lipinski definition) is 4. The molecule has 4 heteroatoms. The third-order valence-electron chi connectivity index (χ3n) is 2.83. The van der Waals surface area contributed by atoms with Crippen molar-refractivity contribution in [2.45, 2.75) is 0 Å². The summed E-state index contributed by atoms with van der Waals surface area (Å²) in [5, 5.41) is 12.3. The van der Waals surface area contributed by atoms with Crippen LogP contribution in [-0.4, -0.2) is 14.1 Å². The van der Waals surface area contributed by atoms with Crippen LogP contribution in [0.5, 0.6) is 0 Å². The van der Waals surface area contributed by atoms with Gasteiger partial charge in [0.1, 0.15) is 6.07 Å². The second kappa shape index (κ2) is 5.32. The molecule has 3 N–H and O–H groups in total. The average Bonchev–Trinajstić information content (AvgIpc) is 2.41. The van der Waals surface area contributed by atoms with Gasteiger partial charge in [0.25, 0.3) is 0 Å². The summed E-state index contributed by atoms with van der Waals surface area (Å²) in [4.78, 5) is 2.04. The van der Waals surface area contributed by atoms with E-state index >= 15 is 0 Å². The first-order valence-electron chi connectivity index (χ1n) is 5.94. The summed E-state index contributed by atoms with van der Waals surface area (Å²) in [5.74, 6) is 0. The third kappa shape index (κ3) is 2.96. The molecule has 0 aromatic heterocycles. The van der Waals surface area contributed by atoms with E-state index in [0.717, 1.165) is 17.1 Å². The van der Waals surface area contributed by atoms with Gasteiger partial charge < -0.3 is 16.0 Å². The van der Waals surface area contributed by atoms with Crippen molar-refractivity contribution >= 4 is 22.7 Å². The Labute approximate surface area is 113 Å². The van der Waals surface area contributed by atoms with E-state index in [1.165, 1.54) is 0 Å². The molecule has 0 saturated carbocycles. The summed E-state index contributed by atoms with van der Waals surface area (Å²) in [5.41, 5.74) is 9.62. The molecule has 0 fully saturated rings. The Morgan fingerprint density at radius 3 is 2.37 bits per heavy atom. The first-order valence-corrected chi connectivity index (χ1v) is 5.94. The first kappa shape index (κ1) is 12.8. The van der Waals surface area contributed by atoms with E-state index in [1.807, 2.05) is 49.3 Å². The highest BCUT2D eigenvalue weighted by molar-refractivity contribution is 5.70. The maximum Gasteiger partial charge on any atom is 0.101 e. The van der Waals surface area contributed by atoms with Crippen molar-refractivity contribution in [3.05, 3.63) is 48.0 Å². The van der Waals surface area contributed by atoms with Crippen LogP contribution in [0.25, 0.3) is 0 Å². The summed E-state index contributed by atoms with van der Waals surface area (Å²) in [6, 6.07) is 15.4. The van der Waals surface area contributed by atoms with Gasteiger partial charge in [-0.2, -0.15) is 5.26 Å². The van der Waals surface area contributed by atoms with Crippen LogP contribution in [0.3, 0.4) is 0 Å². The smallest absolute Gasteiger partial charge is 0.101 e. The normalized spacial score (nSPS) is 9.74. The number of benzene rings is 2. The number of nitrogens with one attached hydrogen (secondary N) is 1. The number of nitrogens with two attached hydrogens (primary N) is 1. The van der Waals surface area contributed by atoms with Crippen molar-refractivity contribution in [3.8, 4) is 6.07 Å². The SMILES string of the molecule is CN(C)c1ccc(Nc2ccc(N)cc2C#N)cc1. The molecule has 96 valence electrons. The standard InChI is InChI=1S/C15H16N4/c1-19(2)14-6-4-13(5-7-14)18-15-8-3-12(17)9-11(15)10-16/h3-9,18H,17H2,1-2H3. The Morgan fingerprint density at radius 2 is 1.79 bits per heavy atom. The highest BCUT2D eigenvalue weighted by Crippen LogP contribution is 2.24. The summed E-state index contributed by atoms with van der Waals surface area (Å²) < 4.78 is 0. The van der Waals surface area contributed by atoms with Crippen LogP contribution in [0, 0.1) is 11.3 Å². The summed E-state index contributed by atoms with van der Waals surface area (Å²) in [6.45, 7) is 0. The molecular weight excluding hydrogens is 236 g/mol. The molecule has 0 aliphatic carbocycles. The molecule has 2 aromatic carbocycles. The maximum absolute atomic E-state index is 9.09. The lowest BCUT2D eigenvalue weighted by atomic mass is 10.1. The Bertz CT molecular complexity index is 609. The predicted molar refractivity (Wildman–Crippen MR) is 79.6 cm³/mol. The van der Waals surface area contributed by atoms with Gasteiger partial charge in [0.15, 0.2) is 0 Å². The molecule has 19 heavy (non-hydrogen) atoms. The van der Waals surface area contributed by atoms with Crippen molar-refractivity contribution in [2.24, 2.45) is 0 Å². The monoisotopic (exact) mass is 252 g/mol. The van der Waals surface area contributed by atoms with Crippen LogP contribution in [0.2, 0.25) is 0 Å². The molecule has 2 aromatic rings. The summed E-state index contributed by atoms with van der Waals surface area (Å²) in [7, 11) is 3.99. The molecule has 0 amide bonds. The predicted octanol–water partition coefficient (Wildman–Crippen LogP) is 2.95. The number of nitrogen functional groups attached to an aromatic ring is 1. The van der Waals surface area contributed by atoms with Gasteiger partial charge in [-0.1, -0.05) is 0 Å². The van der Waals surface area contributed by atoms with Crippen LogP contribution in [0.15, 0.2) is 42.5 Å². The van der Waals surface area contributed by atoms with Gasteiger partial charge in [0, 0.05) is 31.2 Å². The second-order valence-corrected chi connectivity index (χ2v) is 4.48. The highest BCUT2D eigenvalue weighted by atomic mass is 15.1. The molecule has 2 rings (SSSR count). The topological polar surface area (TPSA) is 65.1 Å².